The number of halogens is 2. The molecule has 0 saturated heterocycles. The molecule has 3 rings (SSSR count). The Labute approximate surface area is 120 Å². The Kier molecular flexibility index (Phi) is 3.18. The predicted molar refractivity (Wildman–Crippen MR) is 76.8 cm³/mol. The molecule has 1 heterocycles. The molecule has 1 N–H and O–H groups in total. The maximum Gasteiger partial charge on any atom is 0.126 e. The number of para-hydroxylation sites is 1. The lowest BCUT2D eigenvalue weighted by Gasteiger charge is -2.25. The summed E-state index contributed by atoms with van der Waals surface area (Å²) >= 11 is 0. The molecule has 3 aromatic rings. The standard InChI is InChI=1S/C17H13F2NO/c1-17(21,12-8-13(18)10-14(19)9-12)15-6-2-4-11-5-3-7-20-16(11)15/h2-10,21H,1H3. The van der Waals surface area contributed by atoms with Crippen LogP contribution in [0.1, 0.15) is 18.1 Å². The van der Waals surface area contributed by atoms with Crippen LogP contribution >= 0.6 is 0 Å². The van der Waals surface area contributed by atoms with Gasteiger partial charge in [0, 0.05) is 23.2 Å². The molecule has 2 aromatic carbocycles. The molecule has 4 heteroatoms. The first-order chi connectivity index (χ1) is 9.98. The van der Waals surface area contributed by atoms with Crippen molar-refractivity contribution < 1.29 is 13.9 Å². The molecular weight excluding hydrogens is 272 g/mol. The quantitative estimate of drug-likeness (QED) is 0.777. The average Bonchev–Trinajstić information content (AvgIpc) is 2.45. The lowest BCUT2D eigenvalue weighted by Crippen LogP contribution is -2.24. The van der Waals surface area contributed by atoms with Gasteiger partial charge in [0.2, 0.25) is 0 Å². The van der Waals surface area contributed by atoms with Crippen LogP contribution in [0.15, 0.2) is 54.7 Å². The third kappa shape index (κ3) is 2.38. The van der Waals surface area contributed by atoms with Crippen LogP contribution in [-0.2, 0) is 5.60 Å². The maximum atomic E-state index is 13.4. The van der Waals surface area contributed by atoms with E-state index in [1.807, 2.05) is 12.1 Å². The Bertz CT molecular complexity index is 789. The van der Waals surface area contributed by atoms with Gasteiger partial charge in [-0.3, -0.25) is 4.98 Å². The molecule has 0 spiro atoms. The fourth-order valence-electron chi connectivity index (χ4n) is 2.49. The zero-order valence-electron chi connectivity index (χ0n) is 11.3. The van der Waals surface area contributed by atoms with E-state index in [2.05, 4.69) is 4.98 Å². The molecule has 0 saturated carbocycles. The van der Waals surface area contributed by atoms with Crippen LogP contribution in [0.5, 0.6) is 0 Å². The number of pyridine rings is 1. The summed E-state index contributed by atoms with van der Waals surface area (Å²) in [6, 6.07) is 12.1. The number of hydrogen-bond acceptors (Lipinski definition) is 2. The van der Waals surface area contributed by atoms with Crippen LogP contribution in [0.2, 0.25) is 0 Å². The van der Waals surface area contributed by atoms with Gasteiger partial charge in [0.1, 0.15) is 17.2 Å². The van der Waals surface area contributed by atoms with E-state index in [1.165, 1.54) is 6.92 Å². The summed E-state index contributed by atoms with van der Waals surface area (Å²) in [6.07, 6.45) is 1.62. The molecule has 1 unspecified atom stereocenters. The number of aliphatic hydroxyl groups is 1. The highest BCUT2D eigenvalue weighted by molar-refractivity contribution is 5.82. The van der Waals surface area contributed by atoms with E-state index in [9.17, 15) is 13.9 Å². The van der Waals surface area contributed by atoms with Crippen molar-refractivity contribution in [3.05, 3.63) is 77.5 Å². The zero-order chi connectivity index (χ0) is 15.0. The van der Waals surface area contributed by atoms with E-state index >= 15 is 0 Å². The molecule has 0 aliphatic rings. The summed E-state index contributed by atoms with van der Waals surface area (Å²) in [7, 11) is 0. The third-order valence-electron chi connectivity index (χ3n) is 3.58. The Morgan fingerprint density at radius 3 is 2.38 bits per heavy atom. The Morgan fingerprint density at radius 2 is 1.67 bits per heavy atom. The van der Waals surface area contributed by atoms with Crippen LogP contribution in [-0.4, -0.2) is 10.1 Å². The van der Waals surface area contributed by atoms with E-state index < -0.39 is 17.2 Å². The molecule has 1 atom stereocenters. The highest BCUT2D eigenvalue weighted by Crippen LogP contribution is 2.33. The van der Waals surface area contributed by atoms with E-state index in [4.69, 9.17) is 0 Å². The number of benzene rings is 2. The van der Waals surface area contributed by atoms with Crippen molar-refractivity contribution in [3.8, 4) is 0 Å². The van der Waals surface area contributed by atoms with Crippen molar-refractivity contribution in [3.63, 3.8) is 0 Å². The van der Waals surface area contributed by atoms with Crippen molar-refractivity contribution >= 4 is 10.9 Å². The van der Waals surface area contributed by atoms with Crippen LogP contribution in [0, 0.1) is 11.6 Å². The minimum atomic E-state index is -1.54. The average molecular weight is 285 g/mol. The minimum absolute atomic E-state index is 0.151. The normalized spacial score (nSPS) is 14.1. The van der Waals surface area contributed by atoms with E-state index in [1.54, 1.807) is 24.4 Å². The zero-order valence-corrected chi connectivity index (χ0v) is 11.3. The predicted octanol–water partition coefficient (Wildman–Crippen LogP) is 3.77. The SMILES string of the molecule is CC(O)(c1cc(F)cc(F)c1)c1cccc2cccnc12. The van der Waals surface area contributed by atoms with Crippen molar-refractivity contribution in [2.24, 2.45) is 0 Å². The molecule has 0 bridgehead atoms. The number of hydrogen-bond donors (Lipinski definition) is 1. The van der Waals surface area contributed by atoms with E-state index in [-0.39, 0.29) is 5.56 Å². The van der Waals surface area contributed by atoms with Gasteiger partial charge in [0.15, 0.2) is 0 Å². The van der Waals surface area contributed by atoms with Crippen molar-refractivity contribution in [1.82, 2.24) is 4.98 Å². The smallest absolute Gasteiger partial charge is 0.126 e. The van der Waals surface area contributed by atoms with Gasteiger partial charge in [-0.1, -0.05) is 24.3 Å². The lowest BCUT2D eigenvalue weighted by atomic mass is 9.86. The number of fused-ring (bicyclic) bond motifs is 1. The molecule has 0 fully saturated rings. The highest BCUT2D eigenvalue weighted by atomic mass is 19.1. The van der Waals surface area contributed by atoms with Gasteiger partial charge in [0.05, 0.1) is 5.52 Å². The van der Waals surface area contributed by atoms with Crippen molar-refractivity contribution in [2.75, 3.05) is 0 Å². The molecular formula is C17H13F2NO. The Balaban J connectivity index is 2.24. The lowest BCUT2D eigenvalue weighted by molar-refractivity contribution is 0.103. The van der Waals surface area contributed by atoms with Gasteiger partial charge in [-0.25, -0.2) is 8.78 Å². The van der Waals surface area contributed by atoms with Crippen LogP contribution in [0.4, 0.5) is 8.78 Å². The molecule has 0 amide bonds. The second-order valence-electron chi connectivity index (χ2n) is 5.11. The third-order valence-corrected chi connectivity index (χ3v) is 3.58. The summed E-state index contributed by atoms with van der Waals surface area (Å²) in [6.45, 7) is 1.50. The van der Waals surface area contributed by atoms with Gasteiger partial charge in [-0.2, -0.15) is 0 Å². The topological polar surface area (TPSA) is 33.1 Å². The summed E-state index contributed by atoms with van der Waals surface area (Å²) in [5, 5.41) is 11.7. The Hall–Kier alpha value is -2.33. The van der Waals surface area contributed by atoms with Crippen LogP contribution in [0.3, 0.4) is 0 Å². The fourth-order valence-corrected chi connectivity index (χ4v) is 2.49. The number of aromatic nitrogens is 1. The van der Waals surface area contributed by atoms with Gasteiger partial charge >= 0.3 is 0 Å². The Morgan fingerprint density at radius 1 is 1.00 bits per heavy atom. The minimum Gasteiger partial charge on any atom is -0.381 e. The molecule has 0 aliphatic heterocycles. The first-order valence-corrected chi connectivity index (χ1v) is 6.51. The summed E-state index contributed by atoms with van der Waals surface area (Å²) in [5.74, 6) is -1.45. The van der Waals surface area contributed by atoms with E-state index in [0.717, 1.165) is 23.6 Å². The molecule has 0 aliphatic carbocycles. The van der Waals surface area contributed by atoms with E-state index in [0.29, 0.717) is 11.1 Å². The number of nitrogens with zero attached hydrogens (tertiary/aromatic N) is 1. The van der Waals surface area contributed by atoms with Gasteiger partial charge < -0.3 is 5.11 Å². The molecule has 2 nitrogen and oxygen atoms in total. The van der Waals surface area contributed by atoms with Crippen LogP contribution in [0.25, 0.3) is 10.9 Å². The highest BCUT2D eigenvalue weighted by Gasteiger charge is 2.29. The molecule has 106 valence electrons. The summed E-state index contributed by atoms with van der Waals surface area (Å²) < 4.78 is 26.8. The van der Waals surface area contributed by atoms with Crippen LogP contribution < -0.4 is 0 Å². The van der Waals surface area contributed by atoms with Gasteiger partial charge in [-0.15, -0.1) is 0 Å². The second kappa shape index (κ2) is 4.90. The first kappa shape index (κ1) is 13.6. The fraction of sp³-hybridized carbons (Fsp3) is 0.118. The summed E-state index contributed by atoms with van der Waals surface area (Å²) in [5.41, 5.74) is -0.282. The van der Waals surface area contributed by atoms with Gasteiger partial charge in [0.25, 0.3) is 0 Å². The summed E-state index contributed by atoms with van der Waals surface area (Å²) in [4.78, 5) is 4.27. The number of rotatable bonds is 2. The monoisotopic (exact) mass is 285 g/mol. The second-order valence-corrected chi connectivity index (χ2v) is 5.11. The molecule has 1 aromatic heterocycles. The van der Waals surface area contributed by atoms with Crippen molar-refractivity contribution in [1.29, 1.82) is 0 Å². The maximum absolute atomic E-state index is 13.4. The van der Waals surface area contributed by atoms with Gasteiger partial charge in [-0.05, 0) is 30.7 Å². The largest absolute Gasteiger partial charge is 0.381 e. The molecule has 21 heavy (non-hydrogen) atoms. The molecule has 0 radical (unpaired) electrons. The van der Waals surface area contributed by atoms with Crippen molar-refractivity contribution in [2.45, 2.75) is 12.5 Å². The first-order valence-electron chi connectivity index (χ1n) is 6.51.